The number of H-pyrrole nitrogens is 1. The van der Waals surface area contributed by atoms with Crippen LogP contribution in [-0.2, 0) is 0 Å². The molecule has 8 fully saturated rings. The first-order valence-electron chi connectivity index (χ1n) is 17.6. The van der Waals surface area contributed by atoms with Crippen LogP contribution < -0.4 is 5.32 Å². The van der Waals surface area contributed by atoms with Gasteiger partial charge in [0.15, 0.2) is 5.78 Å². The Morgan fingerprint density at radius 1 is 0.841 bits per heavy atom. The lowest BCUT2D eigenvalue weighted by Crippen LogP contribution is -2.63. The topological polar surface area (TPSA) is 74.8 Å². The predicted octanol–water partition coefficient (Wildman–Crippen LogP) is 8.46. The van der Waals surface area contributed by atoms with E-state index in [4.69, 9.17) is 4.98 Å². The molecule has 0 radical (unpaired) electrons. The Kier molecular flexibility index (Phi) is 5.93. The number of fused-ring (bicyclic) bond motifs is 1. The van der Waals surface area contributed by atoms with Gasteiger partial charge in [-0.05, 0) is 135 Å². The van der Waals surface area contributed by atoms with E-state index in [0.717, 1.165) is 57.6 Å². The zero-order valence-corrected chi connectivity index (χ0v) is 26.6. The molecule has 11 rings (SSSR count). The third kappa shape index (κ3) is 4.27. The molecule has 8 aliphatic carbocycles. The molecule has 0 saturated heterocycles. The van der Waals surface area contributed by atoms with Crippen LogP contribution in [0.5, 0.6) is 0 Å². The van der Waals surface area contributed by atoms with Gasteiger partial charge in [-0.25, -0.2) is 4.98 Å². The maximum Gasteiger partial charge on any atom is 0.251 e. The predicted molar refractivity (Wildman–Crippen MR) is 173 cm³/mol. The van der Waals surface area contributed by atoms with Crippen LogP contribution in [0.3, 0.4) is 0 Å². The van der Waals surface area contributed by atoms with Crippen molar-refractivity contribution in [3.05, 3.63) is 53.6 Å². The molecular formula is C39H47N3O2. The Morgan fingerprint density at radius 3 is 2.20 bits per heavy atom. The summed E-state index contributed by atoms with van der Waals surface area (Å²) in [7, 11) is 0. The molecule has 3 aromatic rings. The minimum atomic E-state index is 0.0306. The van der Waals surface area contributed by atoms with Gasteiger partial charge in [0.1, 0.15) is 5.82 Å². The van der Waals surface area contributed by atoms with Gasteiger partial charge >= 0.3 is 0 Å². The molecule has 1 amide bonds. The van der Waals surface area contributed by atoms with E-state index >= 15 is 0 Å². The number of carbonyl (C=O) groups excluding carboxylic acids is 2. The second kappa shape index (κ2) is 9.53. The van der Waals surface area contributed by atoms with Gasteiger partial charge < -0.3 is 10.3 Å². The molecule has 0 spiro atoms. The minimum absolute atomic E-state index is 0.0306. The summed E-state index contributed by atoms with van der Waals surface area (Å²) in [5, 5.41) is 3.50. The normalized spacial score (nSPS) is 40.4. The van der Waals surface area contributed by atoms with Crippen molar-refractivity contribution in [1.29, 1.82) is 0 Å². The maximum atomic E-state index is 13.7. The van der Waals surface area contributed by atoms with Crippen LogP contribution in [-0.4, -0.2) is 27.7 Å². The zero-order chi connectivity index (χ0) is 30.0. The molecule has 8 aliphatic rings. The van der Waals surface area contributed by atoms with E-state index in [1.807, 2.05) is 42.5 Å². The number of ketones is 1. The monoisotopic (exact) mass is 589 g/mol. The maximum absolute atomic E-state index is 13.7. The summed E-state index contributed by atoms with van der Waals surface area (Å²) in [6.07, 6.45) is 13.2. The fourth-order valence-corrected chi connectivity index (χ4v) is 12.9. The van der Waals surface area contributed by atoms with Gasteiger partial charge in [0.25, 0.3) is 5.91 Å². The number of imidazole rings is 1. The first-order valence-corrected chi connectivity index (χ1v) is 17.6. The SMILES string of the molecule is C[C@@H](C(=O)c1ccc(-c2nc3ccc(C(=O)NC4C5C[C@H]6C[C@@](C)(C5)C[C@]4(C)C6)cc3[nH]2)cc1)C1C2CC3CC(C2)CC1C3. The Morgan fingerprint density at radius 2 is 1.52 bits per heavy atom. The number of carbonyl (C=O) groups is 2. The number of hydrogen-bond acceptors (Lipinski definition) is 3. The van der Waals surface area contributed by atoms with Crippen molar-refractivity contribution in [2.75, 3.05) is 0 Å². The summed E-state index contributed by atoms with van der Waals surface area (Å²) >= 11 is 0. The van der Waals surface area contributed by atoms with Crippen LogP contribution in [0.1, 0.15) is 106 Å². The van der Waals surface area contributed by atoms with Crippen molar-refractivity contribution in [3.63, 3.8) is 0 Å². The number of nitrogens with zero attached hydrogens (tertiary/aromatic N) is 1. The number of amides is 1. The molecular weight excluding hydrogens is 542 g/mol. The lowest BCUT2D eigenvalue weighted by atomic mass is 9.43. The highest BCUT2D eigenvalue weighted by atomic mass is 16.1. The number of aromatic amines is 1. The third-order valence-corrected chi connectivity index (χ3v) is 13.7. The first-order chi connectivity index (χ1) is 21.1. The Bertz CT molecular complexity index is 1630. The molecule has 2 unspecified atom stereocenters. The van der Waals surface area contributed by atoms with Crippen LogP contribution >= 0.6 is 0 Å². The first kappa shape index (κ1) is 27.4. The van der Waals surface area contributed by atoms with Gasteiger partial charge in [-0.3, -0.25) is 9.59 Å². The molecule has 230 valence electrons. The van der Waals surface area contributed by atoms with Crippen LogP contribution in [0.2, 0.25) is 0 Å². The van der Waals surface area contributed by atoms with E-state index < -0.39 is 0 Å². The second-order valence-electron chi connectivity index (χ2n) is 17.1. The molecule has 44 heavy (non-hydrogen) atoms. The van der Waals surface area contributed by atoms with Crippen LogP contribution in [0.25, 0.3) is 22.4 Å². The average Bonchev–Trinajstić information content (AvgIpc) is 3.40. The lowest BCUT2D eigenvalue weighted by Gasteiger charge is -2.64. The van der Waals surface area contributed by atoms with Gasteiger partial charge in [0, 0.05) is 28.7 Å². The molecule has 6 atom stereocenters. The molecule has 2 N–H and O–H groups in total. The highest BCUT2D eigenvalue weighted by Gasteiger charge is 2.59. The summed E-state index contributed by atoms with van der Waals surface area (Å²) in [5.41, 5.74) is 4.86. The molecule has 5 nitrogen and oxygen atoms in total. The van der Waals surface area contributed by atoms with E-state index in [-0.39, 0.29) is 23.3 Å². The van der Waals surface area contributed by atoms with Crippen molar-refractivity contribution < 1.29 is 9.59 Å². The number of rotatable bonds is 6. The average molecular weight is 590 g/mol. The molecule has 0 aliphatic heterocycles. The smallest absolute Gasteiger partial charge is 0.251 e. The van der Waals surface area contributed by atoms with Gasteiger partial charge in [-0.1, -0.05) is 45.0 Å². The van der Waals surface area contributed by atoms with Crippen LogP contribution in [0.4, 0.5) is 0 Å². The van der Waals surface area contributed by atoms with Crippen molar-refractivity contribution >= 4 is 22.7 Å². The Hall–Kier alpha value is -2.95. The number of aromatic nitrogens is 2. The molecule has 1 aromatic heterocycles. The second-order valence-corrected chi connectivity index (χ2v) is 17.1. The number of Topliss-reactive ketones (excluding diaryl/α,β-unsaturated/α-hetero) is 1. The number of benzene rings is 2. The van der Waals surface area contributed by atoms with Crippen molar-refractivity contribution in [2.45, 2.75) is 91.0 Å². The number of nitrogens with one attached hydrogen (secondary N) is 2. The van der Waals surface area contributed by atoms with Gasteiger partial charge in [0.05, 0.1) is 11.0 Å². The van der Waals surface area contributed by atoms with E-state index in [9.17, 15) is 9.59 Å². The summed E-state index contributed by atoms with van der Waals surface area (Å²) in [4.78, 5) is 35.5. The quantitative estimate of drug-likeness (QED) is 0.283. The van der Waals surface area contributed by atoms with Gasteiger partial charge in [0.2, 0.25) is 0 Å². The summed E-state index contributed by atoms with van der Waals surface area (Å²) in [6.45, 7) is 7.08. The highest BCUT2D eigenvalue weighted by Crippen LogP contribution is 2.65. The molecule has 8 saturated carbocycles. The molecule has 5 heteroatoms. The third-order valence-electron chi connectivity index (χ3n) is 13.7. The largest absolute Gasteiger partial charge is 0.348 e. The van der Waals surface area contributed by atoms with E-state index in [0.29, 0.717) is 28.6 Å². The molecule has 8 bridgehead atoms. The number of hydrogen-bond donors (Lipinski definition) is 2. The van der Waals surface area contributed by atoms with Gasteiger partial charge in [-0.15, -0.1) is 0 Å². The zero-order valence-electron chi connectivity index (χ0n) is 26.6. The lowest BCUT2D eigenvalue weighted by molar-refractivity contribution is -0.115. The fourth-order valence-electron chi connectivity index (χ4n) is 12.9. The van der Waals surface area contributed by atoms with Crippen molar-refractivity contribution in [3.8, 4) is 11.4 Å². The molecule has 2 aromatic carbocycles. The van der Waals surface area contributed by atoms with Crippen LogP contribution in [0, 0.1) is 58.2 Å². The Balaban J connectivity index is 0.901. The fraction of sp³-hybridized carbons (Fsp3) is 0.615. The Labute approximate surface area is 261 Å². The van der Waals surface area contributed by atoms with Crippen LogP contribution in [0.15, 0.2) is 42.5 Å². The summed E-state index contributed by atoms with van der Waals surface area (Å²) in [5.74, 6) is 6.57. The summed E-state index contributed by atoms with van der Waals surface area (Å²) < 4.78 is 0. The van der Waals surface area contributed by atoms with Crippen molar-refractivity contribution in [1.82, 2.24) is 15.3 Å². The van der Waals surface area contributed by atoms with Crippen molar-refractivity contribution in [2.24, 2.45) is 58.2 Å². The molecule has 1 heterocycles. The van der Waals surface area contributed by atoms with E-state index in [1.165, 1.54) is 64.2 Å². The van der Waals surface area contributed by atoms with Gasteiger partial charge in [-0.2, -0.15) is 0 Å². The highest BCUT2D eigenvalue weighted by molar-refractivity contribution is 5.99. The van der Waals surface area contributed by atoms with E-state index in [1.54, 1.807) is 0 Å². The van der Waals surface area contributed by atoms with E-state index in [2.05, 4.69) is 31.1 Å². The summed E-state index contributed by atoms with van der Waals surface area (Å²) in [6, 6.07) is 14.1. The standard InChI is InChI=1S/C39H47N3O2/c1-21(33-28-11-22-10-23(13-28)14-29(33)12-22)34(43)25-4-6-26(7-5-25)36-40-31-9-8-27(16-32(31)41-36)37(44)42-35-30-15-24-17-38(2,19-30)20-39(35,3)18-24/h4-9,16,21-24,28-30,33,35H,10-15,17-20H2,1-3H3,(H,40,41)(H,42,44)/t21-,22?,23?,24+,28?,29?,30?,33?,35?,38+,39+/m1/s1. The minimum Gasteiger partial charge on any atom is -0.348 e.